The molecule has 0 saturated carbocycles. The van der Waals surface area contributed by atoms with E-state index in [0.717, 1.165) is 0 Å². The van der Waals surface area contributed by atoms with Gasteiger partial charge in [0.05, 0.1) is 0 Å². The summed E-state index contributed by atoms with van der Waals surface area (Å²) in [5.74, 6) is -0.808. The van der Waals surface area contributed by atoms with Crippen molar-refractivity contribution < 1.29 is 15.6 Å². The Bertz CT molecular complexity index is 276. The molecule has 13 heavy (non-hydrogen) atoms. The van der Waals surface area contributed by atoms with Crippen LogP contribution in [0, 0.1) is 0 Å². The molecule has 0 amide bonds. The van der Waals surface area contributed by atoms with Crippen LogP contribution in [0.2, 0.25) is 5.32 Å². The summed E-state index contributed by atoms with van der Waals surface area (Å²) >= 11 is 0.228. The second-order valence-corrected chi connectivity index (χ2v) is 4.95. The molecule has 1 rings (SSSR count). The molecule has 4 N–H and O–H groups in total. The number of aliphatic carboxylic acids is 1. The van der Waals surface area contributed by atoms with Gasteiger partial charge in [0, 0.05) is 0 Å². The summed E-state index contributed by atoms with van der Waals surface area (Å²) in [5, 5.41) is 9.27. The minimum atomic E-state index is -0.808. The molecule has 3 nitrogen and oxygen atoms in total. The Morgan fingerprint density at radius 2 is 2.08 bits per heavy atom. The molecule has 0 bridgehead atoms. The van der Waals surface area contributed by atoms with E-state index in [9.17, 15) is 4.79 Å². The molecule has 70 valence electrons. The zero-order chi connectivity index (χ0) is 9.68. The number of hydrogen-bond acceptors (Lipinski definition) is 1. The Morgan fingerprint density at radius 3 is 2.62 bits per heavy atom. The van der Waals surface area contributed by atoms with E-state index in [1.54, 1.807) is 0 Å². The second-order valence-electron chi connectivity index (χ2n) is 2.66. The van der Waals surface area contributed by atoms with Gasteiger partial charge in [0.15, 0.2) is 0 Å². The van der Waals surface area contributed by atoms with Gasteiger partial charge < -0.3 is 0 Å². The fourth-order valence-electron chi connectivity index (χ4n) is 0.785. The summed E-state index contributed by atoms with van der Waals surface area (Å²) in [6.07, 6.45) is 0. The predicted molar refractivity (Wildman–Crippen MR) is 50.9 cm³/mol. The van der Waals surface area contributed by atoms with E-state index in [4.69, 9.17) is 5.11 Å². The third-order valence-corrected chi connectivity index (χ3v) is 4.01. The first-order valence-corrected chi connectivity index (χ1v) is 6.00. The predicted octanol–water partition coefficient (Wildman–Crippen LogP) is -0.870. The Balaban J connectivity index is 2.39. The third-order valence-electron chi connectivity index (χ3n) is 1.54. The molecule has 0 heterocycles. The van der Waals surface area contributed by atoms with Gasteiger partial charge in [0.2, 0.25) is 0 Å². The zero-order valence-corrected chi connectivity index (χ0v) is 8.86. The first-order chi connectivity index (χ1) is 6.20. The van der Waals surface area contributed by atoms with Crippen LogP contribution >= 0.6 is 0 Å². The molecule has 1 aromatic carbocycles. The van der Waals surface area contributed by atoms with Crippen molar-refractivity contribution in [3.63, 3.8) is 0 Å². The van der Waals surface area contributed by atoms with Crippen LogP contribution in [0.4, 0.5) is 0 Å². The van der Waals surface area contributed by atoms with E-state index < -0.39 is 12.0 Å². The van der Waals surface area contributed by atoms with Gasteiger partial charge in [-0.1, -0.05) is 0 Å². The van der Waals surface area contributed by atoms with Crippen LogP contribution in [-0.2, 0) is 4.79 Å². The number of hydrogen-bond donors (Lipinski definition) is 2. The SMILES string of the molecule is [NH3+][C@@H](C[Se]c1ccccc1)C(=O)O. The molecule has 1 atom stereocenters. The van der Waals surface area contributed by atoms with E-state index in [-0.39, 0.29) is 15.0 Å². The molecule has 0 fully saturated rings. The van der Waals surface area contributed by atoms with E-state index >= 15 is 0 Å². The molecule has 0 aliphatic carbocycles. The summed E-state index contributed by atoms with van der Waals surface area (Å²) in [7, 11) is 0. The van der Waals surface area contributed by atoms with E-state index in [0.29, 0.717) is 5.32 Å². The van der Waals surface area contributed by atoms with Crippen LogP contribution in [0.3, 0.4) is 0 Å². The minimum absolute atomic E-state index is 0.228. The van der Waals surface area contributed by atoms with Crippen LogP contribution in [0.25, 0.3) is 0 Å². The zero-order valence-electron chi connectivity index (χ0n) is 7.14. The van der Waals surface area contributed by atoms with E-state index in [2.05, 4.69) is 5.73 Å². The number of rotatable bonds is 4. The van der Waals surface area contributed by atoms with Gasteiger partial charge in [0.25, 0.3) is 0 Å². The first kappa shape index (κ1) is 10.3. The average molecular weight is 245 g/mol. The van der Waals surface area contributed by atoms with Crippen molar-refractivity contribution >= 4 is 25.4 Å². The number of benzene rings is 1. The van der Waals surface area contributed by atoms with Crippen molar-refractivity contribution in [1.82, 2.24) is 0 Å². The van der Waals surface area contributed by atoms with Gasteiger partial charge in [-0.3, -0.25) is 0 Å². The molecule has 4 heteroatoms. The fraction of sp³-hybridized carbons (Fsp3) is 0.222. The maximum atomic E-state index is 10.5. The molecule has 0 spiro atoms. The molecule has 0 aliphatic rings. The van der Waals surface area contributed by atoms with Crippen molar-refractivity contribution in [2.75, 3.05) is 0 Å². The Kier molecular flexibility index (Phi) is 3.96. The summed E-state index contributed by atoms with van der Waals surface area (Å²) < 4.78 is 1.23. The average Bonchev–Trinajstić information content (AvgIpc) is 2.15. The van der Waals surface area contributed by atoms with Crippen molar-refractivity contribution in [2.45, 2.75) is 11.4 Å². The summed E-state index contributed by atoms with van der Waals surface area (Å²) in [6.45, 7) is 0. The van der Waals surface area contributed by atoms with Gasteiger partial charge in [-0.2, -0.15) is 0 Å². The van der Waals surface area contributed by atoms with Crippen LogP contribution in [-0.4, -0.2) is 32.1 Å². The molecule has 0 saturated heterocycles. The molecule has 0 aromatic heterocycles. The Morgan fingerprint density at radius 1 is 1.46 bits per heavy atom. The molecular weight excluding hydrogens is 233 g/mol. The monoisotopic (exact) mass is 246 g/mol. The summed E-state index contributed by atoms with van der Waals surface area (Å²) in [4.78, 5) is 10.5. The van der Waals surface area contributed by atoms with E-state index in [1.165, 1.54) is 4.46 Å². The van der Waals surface area contributed by atoms with Crippen molar-refractivity contribution in [3.05, 3.63) is 30.3 Å². The van der Waals surface area contributed by atoms with Crippen molar-refractivity contribution in [2.24, 2.45) is 0 Å². The maximum absolute atomic E-state index is 10.5. The number of quaternary nitrogens is 1. The Hall–Kier alpha value is -0.831. The van der Waals surface area contributed by atoms with Crippen molar-refractivity contribution in [3.8, 4) is 0 Å². The van der Waals surface area contributed by atoms with Gasteiger partial charge in [-0.15, -0.1) is 0 Å². The molecule has 0 aliphatic heterocycles. The van der Waals surface area contributed by atoms with Crippen LogP contribution in [0.15, 0.2) is 30.3 Å². The molecular formula is C9H12NO2Se+. The van der Waals surface area contributed by atoms with Crippen LogP contribution in [0.5, 0.6) is 0 Å². The molecule has 0 unspecified atom stereocenters. The fourth-order valence-corrected chi connectivity index (χ4v) is 2.64. The number of carboxylic acid groups (broad SMARTS) is 1. The molecule has 0 radical (unpaired) electrons. The van der Waals surface area contributed by atoms with E-state index in [1.807, 2.05) is 30.3 Å². The van der Waals surface area contributed by atoms with Gasteiger partial charge >= 0.3 is 82.7 Å². The van der Waals surface area contributed by atoms with Gasteiger partial charge in [0.1, 0.15) is 0 Å². The standard InChI is InChI=1S/C9H11NO2Se/c10-8(9(11)12)6-13-7-4-2-1-3-5-7/h1-5,8H,6,10H2,(H,11,12)/p+1/t8-/m0/s1. The summed E-state index contributed by atoms with van der Waals surface area (Å²) in [6, 6.07) is 9.47. The molecule has 1 aromatic rings. The third kappa shape index (κ3) is 3.59. The van der Waals surface area contributed by atoms with Gasteiger partial charge in [-0.05, 0) is 0 Å². The van der Waals surface area contributed by atoms with Crippen molar-refractivity contribution in [1.29, 1.82) is 0 Å². The van der Waals surface area contributed by atoms with Crippen LogP contribution in [0.1, 0.15) is 0 Å². The Labute approximate surface area is 83.1 Å². The normalized spacial score (nSPS) is 12.4. The topological polar surface area (TPSA) is 64.9 Å². The number of carbonyl (C=O) groups is 1. The van der Waals surface area contributed by atoms with Crippen LogP contribution < -0.4 is 10.2 Å². The summed E-state index contributed by atoms with van der Waals surface area (Å²) in [5.41, 5.74) is 3.57. The quantitative estimate of drug-likeness (QED) is 0.677. The second kappa shape index (κ2) is 5.02. The first-order valence-electron chi connectivity index (χ1n) is 3.94. The van der Waals surface area contributed by atoms with Gasteiger partial charge in [-0.25, -0.2) is 0 Å². The number of carboxylic acids is 1.